The lowest BCUT2D eigenvalue weighted by atomic mass is 9.54. The molecule has 0 atom stereocenters. The molecule has 2 aromatic carbocycles. The van der Waals surface area contributed by atoms with E-state index in [4.69, 9.17) is 4.74 Å². The second-order valence-electron chi connectivity index (χ2n) is 9.41. The second kappa shape index (κ2) is 7.51. The van der Waals surface area contributed by atoms with Gasteiger partial charge in [0.15, 0.2) is 0 Å². The van der Waals surface area contributed by atoms with Gasteiger partial charge in [-0.3, -0.25) is 0 Å². The Kier molecular flexibility index (Phi) is 4.52. The van der Waals surface area contributed by atoms with Crippen LogP contribution in [-0.2, 0) is 6.54 Å². The van der Waals surface area contributed by atoms with Gasteiger partial charge in [0.1, 0.15) is 12.3 Å². The van der Waals surface area contributed by atoms with Gasteiger partial charge in [0, 0.05) is 17.4 Å². The van der Waals surface area contributed by atoms with Crippen molar-refractivity contribution in [2.24, 2.45) is 23.7 Å². The molecule has 0 amide bonds. The Morgan fingerprint density at radius 2 is 1.67 bits per heavy atom. The molecule has 2 N–H and O–H groups in total. The zero-order valence-corrected chi connectivity index (χ0v) is 17.1. The summed E-state index contributed by atoms with van der Waals surface area (Å²) in [6.45, 7) is 1.01. The van der Waals surface area contributed by atoms with E-state index in [1.807, 2.05) is 36.4 Å². The lowest BCUT2D eigenvalue weighted by molar-refractivity contribution is -0.723. The van der Waals surface area contributed by atoms with Crippen molar-refractivity contribution in [3.63, 3.8) is 0 Å². The minimum atomic E-state index is 0.378. The van der Waals surface area contributed by atoms with Gasteiger partial charge in [0.05, 0.1) is 11.7 Å². The van der Waals surface area contributed by atoms with Crippen molar-refractivity contribution in [3.05, 3.63) is 60.2 Å². The summed E-state index contributed by atoms with van der Waals surface area (Å²) in [7, 11) is 0. The van der Waals surface area contributed by atoms with Crippen molar-refractivity contribution in [2.75, 3.05) is 0 Å². The Morgan fingerprint density at radius 1 is 0.900 bits per heavy atom. The summed E-state index contributed by atoms with van der Waals surface area (Å²) in [5.41, 5.74) is 2.17. The smallest absolute Gasteiger partial charge is 0.345 e. The predicted molar refractivity (Wildman–Crippen MR) is 112 cm³/mol. The third-order valence-electron chi connectivity index (χ3n) is 7.47. The molecule has 0 radical (unpaired) electrons. The van der Waals surface area contributed by atoms with Crippen LogP contribution in [0.5, 0.6) is 11.8 Å². The monoisotopic (exact) mass is 402 g/mol. The van der Waals surface area contributed by atoms with Gasteiger partial charge in [0.25, 0.3) is 0 Å². The minimum Gasteiger partial charge on any atom is -0.423 e. The van der Waals surface area contributed by atoms with Crippen molar-refractivity contribution in [1.82, 2.24) is 20.2 Å². The third-order valence-corrected chi connectivity index (χ3v) is 7.47. The average Bonchev–Trinajstić information content (AvgIpc) is 3.22. The standard InChI is InChI=1S/C24H27N5O/c1-2-6-21(7-3-1)29-24(26-27-28-29)30-22-8-4-5-16(14-22)15-25-23-19-10-17-9-18(12-19)13-20(23)11-17/h1-8,14,17-20,23,25H,9-13,15H2/p+1. The van der Waals surface area contributed by atoms with Crippen molar-refractivity contribution >= 4 is 0 Å². The lowest BCUT2D eigenvalue weighted by Gasteiger charge is -2.52. The number of hydrogen-bond donors (Lipinski definition) is 1. The van der Waals surface area contributed by atoms with E-state index in [-0.39, 0.29) is 0 Å². The van der Waals surface area contributed by atoms with Gasteiger partial charge in [0.2, 0.25) is 0 Å². The van der Waals surface area contributed by atoms with Crippen LogP contribution in [-0.4, -0.2) is 26.2 Å². The van der Waals surface area contributed by atoms with Crippen LogP contribution in [0.4, 0.5) is 0 Å². The Labute approximate surface area is 176 Å². The summed E-state index contributed by atoms with van der Waals surface area (Å²) in [5.74, 6) is 4.72. The number of ether oxygens (including phenoxy) is 1. The number of nitrogens with two attached hydrogens (primary N) is 1. The molecule has 4 aliphatic rings. The van der Waals surface area contributed by atoms with E-state index in [2.05, 4.69) is 39.0 Å². The van der Waals surface area contributed by atoms with Crippen LogP contribution >= 0.6 is 0 Å². The highest BCUT2D eigenvalue weighted by Gasteiger charge is 2.50. The molecule has 4 bridgehead atoms. The van der Waals surface area contributed by atoms with Crippen LogP contribution in [0.1, 0.15) is 37.7 Å². The van der Waals surface area contributed by atoms with E-state index in [0.29, 0.717) is 6.01 Å². The second-order valence-corrected chi connectivity index (χ2v) is 9.41. The maximum Gasteiger partial charge on any atom is 0.345 e. The third kappa shape index (κ3) is 3.39. The first kappa shape index (κ1) is 18.1. The first-order chi connectivity index (χ1) is 14.8. The van der Waals surface area contributed by atoms with Gasteiger partial charge >= 0.3 is 6.01 Å². The van der Waals surface area contributed by atoms with Crippen LogP contribution < -0.4 is 10.1 Å². The Morgan fingerprint density at radius 3 is 2.43 bits per heavy atom. The lowest BCUT2D eigenvalue weighted by Crippen LogP contribution is -2.93. The molecule has 6 nitrogen and oxygen atoms in total. The summed E-state index contributed by atoms with van der Waals surface area (Å²) in [4.78, 5) is 0. The van der Waals surface area contributed by atoms with Gasteiger partial charge in [-0.05, 0) is 78.6 Å². The number of nitrogens with zero attached hydrogens (tertiary/aromatic N) is 4. The number of rotatable bonds is 6. The molecule has 6 heteroatoms. The molecule has 0 unspecified atom stereocenters. The molecular weight excluding hydrogens is 374 g/mol. The molecule has 3 aromatic rings. The molecule has 4 saturated carbocycles. The first-order valence-corrected chi connectivity index (χ1v) is 11.3. The highest BCUT2D eigenvalue weighted by atomic mass is 16.5. The number of tetrazole rings is 1. The van der Waals surface area contributed by atoms with E-state index in [0.717, 1.165) is 47.7 Å². The van der Waals surface area contributed by atoms with Gasteiger partial charge in [-0.2, -0.15) is 4.68 Å². The molecule has 30 heavy (non-hydrogen) atoms. The molecule has 0 spiro atoms. The maximum absolute atomic E-state index is 6.04. The molecule has 0 saturated heterocycles. The number of benzene rings is 2. The molecule has 7 rings (SSSR count). The number of quaternary nitrogens is 1. The highest BCUT2D eigenvalue weighted by molar-refractivity contribution is 5.34. The summed E-state index contributed by atoms with van der Waals surface area (Å²) < 4.78 is 7.66. The minimum absolute atomic E-state index is 0.378. The summed E-state index contributed by atoms with van der Waals surface area (Å²) in [6, 6.07) is 19.3. The normalized spacial score (nSPS) is 29.3. The molecular formula is C24H28N5O+. The van der Waals surface area contributed by atoms with Crippen LogP contribution in [0.2, 0.25) is 0 Å². The average molecular weight is 403 g/mol. The largest absolute Gasteiger partial charge is 0.423 e. The zero-order valence-electron chi connectivity index (χ0n) is 17.1. The molecule has 1 aromatic heterocycles. The molecule has 4 aliphatic carbocycles. The molecule has 4 fully saturated rings. The Hall–Kier alpha value is -2.73. The van der Waals surface area contributed by atoms with E-state index < -0.39 is 0 Å². The first-order valence-electron chi connectivity index (χ1n) is 11.3. The molecule has 154 valence electrons. The Bertz CT molecular complexity index is 989. The SMILES string of the molecule is c1ccc(-n2nnnc2Oc2cccc(C[NH2+]C3C4CC5CC(C4)CC3C5)c2)cc1. The number of aromatic nitrogens is 4. The van der Waals surface area contributed by atoms with E-state index in [9.17, 15) is 0 Å². The summed E-state index contributed by atoms with van der Waals surface area (Å²) >= 11 is 0. The maximum atomic E-state index is 6.04. The van der Waals surface area contributed by atoms with Gasteiger partial charge in [-0.25, -0.2) is 0 Å². The van der Waals surface area contributed by atoms with E-state index in [1.165, 1.54) is 37.7 Å². The fraction of sp³-hybridized carbons (Fsp3) is 0.458. The van der Waals surface area contributed by atoms with Gasteiger partial charge in [-0.1, -0.05) is 35.4 Å². The van der Waals surface area contributed by atoms with Crippen LogP contribution in [0, 0.1) is 23.7 Å². The fourth-order valence-corrected chi connectivity index (χ4v) is 6.44. The van der Waals surface area contributed by atoms with Crippen LogP contribution in [0.15, 0.2) is 54.6 Å². The fourth-order valence-electron chi connectivity index (χ4n) is 6.44. The van der Waals surface area contributed by atoms with E-state index in [1.54, 1.807) is 4.68 Å². The molecule has 1 heterocycles. The van der Waals surface area contributed by atoms with Crippen molar-refractivity contribution < 1.29 is 10.1 Å². The van der Waals surface area contributed by atoms with Crippen LogP contribution in [0.25, 0.3) is 5.69 Å². The predicted octanol–water partition coefficient (Wildman–Crippen LogP) is 3.34. The highest BCUT2D eigenvalue weighted by Crippen LogP contribution is 2.52. The molecule has 0 aliphatic heterocycles. The van der Waals surface area contributed by atoms with Crippen molar-refractivity contribution in [2.45, 2.75) is 44.7 Å². The van der Waals surface area contributed by atoms with Gasteiger partial charge in [-0.15, -0.1) is 0 Å². The van der Waals surface area contributed by atoms with E-state index >= 15 is 0 Å². The van der Waals surface area contributed by atoms with Gasteiger partial charge < -0.3 is 10.1 Å². The van der Waals surface area contributed by atoms with Crippen molar-refractivity contribution in [1.29, 1.82) is 0 Å². The quantitative estimate of drug-likeness (QED) is 0.687. The Balaban J connectivity index is 1.14. The van der Waals surface area contributed by atoms with Crippen molar-refractivity contribution in [3.8, 4) is 17.4 Å². The zero-order chi connectivity index (χ0) is 19.9. The number of para-hydroxylation sites is 1. The summed E-state index contributed by atoms with van der Waals surface area (Å²) in [6.07, 6.45) is 7.40. The van der Waals surface area contributed by atoms with Crippen LogP contribution in [0.3, 0.4) is 0 Å². The number of hydrogen-bond acceptors (Lipinski definition) is 4. The topological polar surface area (TPSA) is 69.4 Å². The summed E-state index contributed by atoms with van der Waals surface area (Å²) in [5, 5.41) is 14.5.